The molecule has 0 aliphatic carbocycles. The molecule has 2 N–H and O–H groups in total. The van der Waals surface area contributed by atoms with Gasteiger partial charge < -0.3 is 9.73 Å². The first kappa shape index (κ1) is 14.1. The molecule has 112 valence electrons. The second kappa shape index (κ2) is 5.89. The smallest absolute Gasteiger partial charge is 0.269 e. The number of carbonyl (C=O) groups is 1. The number of nitrogens with one attached hydrogen (secondary N) is 2. The van der Waals surface area contributed by atoms with Gasteiger partial charge in [-0.05, 0) is 37.1 Å². The van der Waals surface area contributed by atoms with Crippen LogP contribution in [0.5, 0.6) is 0 Å². The van der Waals surface area contributed by atoms with Crippen LogP contribution < -0.4 is 5.32 Å². The fourth-order valence-corrected chi connectivity index (χ4v) is 2.22. The van der Waals surface area contributed by atoms with Gasteiger partial charge in [-0.25, -0.2) is 0 Å². The quantitative estimate of drug-likeness (QED) is 0.776. The summed E-state index contributed by atoms with van der Waals surface area (Å²) in [6.45, 7) is 4.38. The van der Waals surface area contributed by atoms with Crippen LogP contribution in [0.15, 0.2) is 46.9 Å². The van der Waals surface area contributed by atoms with E-state index in [2.05, 4.69) is 15.5 Å². The van der Waals surface area contributed by atoms with Crippen molar-refractivity contribution in [1.82, 2.24) is 15.5 Å². The van der Waals surface area contributed by atoms with Crippen LogP contribution in [0.25, 0.3) is 11.5 Å². The van der Waals surface area contributed by atoms with Gasteiger partial charge in [0.2, 0.25) is 0 Å². The van der Waals surface area contributed by atoms with Gasteiger partial charge in [-0.1, -0.05) is 24.3 Å². The molecule has 0 aliphatic rings. The van der Waals surface area contributed by atoms with Gasteiger partial charge in [0, 0.05) is 12.6 Å². The molecule has 0 unspecified atom stereocenters. The summed E-state index contributed by atoms with van der Waals surface area (Å²) in [4.78, 5) is 12.2. The van der Waals surface area contributed by atoms with E-state index in [9.17, 15) is 4.79 Å². The van der Waals surface area contributed by atoms with E-state index >= 15 is 0 Å². The zero-order valence-electron chi connectivity index (χ0n) is 12.5. The molecular formula is C17H17N3O2. The van der Waals surface area contributed by atoms with E-state index in [1.807, 2.05) is 50.2 Å². The van der Waals surface area contributed by atoms with Crippen molar-refractivity contribution in [3.05, 3.63) is 65.0 Å². The largest absolute Gasteiger partial charge is 0.460 e. The molecule has 0 bridgehead atoms. The van der Waals surface area contributed by atoms with Crippen molar-refractivity contribution >= 4 is 5.91 Å². The van der Waals surface area contributed by atoms with Crippen molar-refractivity contribution in [2.75, 3.05) is 0 Å². The Labute approximate surface area is 128 Å². The lowest BCUT2D eigenvalue weighted by atomic mass is 10.1. The van der Waals surface area contributed by atoms with Crippen LogP contribution in [-0.2, 0) is 6.54 Å². The normalized spacial score (nSPS) is 10.6. The molecule has 0 saturated heterocycles. The number of hydrogen-bond donors (Lipinski definition) is 2. The Bertz CT molecular complexity index is 802. The number of aryl methyl sites for hydroxylation is 2. The molecule has 3 aromatic rings. The summed E-state index contributed by atoms with van der Waals surface area (Å²) in [5, 5.41) is 9.74. The molecule has 22 heavy (non-hydrogen) atoms. The minimum absolute atomic E-state index is 0.190. The van der Waals surface area contributed by atoms with Gasteiger partial charge in [0.05, 0.1) is 0 Å². The summed E-state index contributed by atoms with van der Waals surface area (Å²) >= 11 is 0. The third kappa shape index (κ3) is 2.93. The van der Waals surface area contributed by atoms with Crippen LogP contribution >= 0.6 is 0 Å². The molecule has 0 radical (unpaired) electrons. The highest BCUT2D eigenvalue weighted by atomic mass is 16.3. The average Bonchev–Trinajstić information content (AvgIpc) is 3.15. The maximum Gasteiger partial charge on any atom is 0.269 e. The lowest BCUT2D eigenvalue weighted by Crippen LogP contribution is -2.23. The zero-order valence-corrected chi connectivity index (χ0v) is 12.5. The first-order valence-corrected chi connectivity index (χ1v) is 7.08. The molecule has 2 aromatic heterocycles. The Hall–Kier alpha value is -2.82. The predicted molar refractivity (Wildman–Crippen MR) is 83.4 cm³/mol. The Morgan fingerprint density at radius 2 is 2.05 bits per heavy atom. The van der Waals surface area contributed by atoms with Crippen molar-refractivity contribution in [1.29, 1.82) is 0 Å². The maximum absolute atomic E-state index is 12.2. The molecule has 2 heterocycles. The first-order chi connectivity index (χ1) is 10.6. The lowest BCUT2D eigenvalue weighted by molar-refractivity contribution is 0.0946. The fraction of sp³-hybridized carbons (Fsp3) is 0.176. The number of hydrogen-bond acceptors (Lipinski definition) is 3. The summed E-state index contributed by atoms with van der Waals surface area (Å²) < 4.78 is 5.49. The van der Waals surface area contributed by atoms with Crippen molar-refractivity contribution in [2.45, 2.75) is 20.4 Å². The maximum atomic E-state index is 12.2. The second-order valence-electron chi connectivity index (χ2n) is 5.19. The fourth-order valence-electron chi connectivity index (χ4n) is 2.22. The number of amides is 1. The number of carbonyl (C=O) groups excluding carboxylic acids is 1. The van der Waals surface area contributed by atoms with Gasteiger partial charge in [0.15, 0.2) is 5.76 Å². The van der Waals surface area contributed by atoms with E-state index in [1.54, 1.807) is 6.07 Å². The van der Waals surface area contributed by atoms with Gasteiger partial charge in [-0.15, -0.1) is 0 Å². The molecule has 5 nitrogen and oxygen atoms in total. The summed E-state index contributed by atoms with van der Waals surface area (Å²) in [5.74, 6) is 1.26. The summed E-state index contributed by atoms with van der Waals surface area (Å²) in [6, 6.07) is 13.3. The number of furan rings is 1. The minimum Gasteiger partial charge on any atom is -0.460 e. The van der Waals surface area contributed by atoms with Crippen molar-refractivity contribution in [3.63, 3.8) is 0 Å². The van der Waals surface area contributed by atoms with E-state index in [0.29, 0.717) is 23.7 Å². The standard InChI is InChI=1S/C17H17N3O2/c1-11-5-3-4-6-13(11)10-18-17(21)15-9-14(19-20-15)16-8-7-12(2)22-16/h3-9H,10H2,1-2H3,(H,18,21)(H,19,20). The van der Waals surface area contributed by atoms with Crippen LogP contribution in [0.1, 0.15) is 27.4 Å². The SMILES string of the molecule is Cc1ccc(-c2cc(C(=O)NCc3ccccc3C)[nH]n2)o1. The Morgan fingerprint density at radius 3 is 2.77 bits per heavy atom. The van der Waals surface area contributed by atoms with Crippen LogP contribution in [-0.4, -0.2) is 16.1 Å². The molecule has 0 saturated carbocycles. The van der Waals surface area contributed by atoms with Gasteiger partial charge >= 0.3 is 0 Å². The highest BCUT2D eigenvalue weighted by Gasteiger charge is 2.13. The van der Waals surface area contributed by atoms with Crippen LogP contribution in [0.2, 0.25) is 0 Å². The highest BCUT2D eigenvalue weighted by molar-refractivity contribution is 5.93. The van der Waals surface area contributed by atoms with E-state index in [-0.39, 0.29) is 5.91 Å². The average molecular weight is 295 g/mol. The minimum atomic E-state index is -0.190. The third-order valence-corrected chi connectivity index (χ3v) is 3.52. The van der Waals surface area contributed by atoms with Crippen LogP contribution in [0, 0.1) is 13.8 Å². The summed E-state index contributed by atoms with van der Waals surface area (Å²) in [7, 11) is 0. The number of rotatable bonds is 4. The Balaban J connectivity index is 1.68. The highest BCUT2D eigenvalue weighted by Crippen LogP contribution is 2.20. The summed E-state index contributed by atoms with van der Waals surface area (Å²) in [6.07, 6.45) is 0. The molecule has 1 aromatic carbocycles. The number of aromatic amines is 1. The number of nitrogens with zero attached hydrogens (tertiary/aromatic N) is 1. The molecule has 5 heteroatoms. The second-order valence-corrected chi connectivity index (χ2v) is 5.19. The predicted octanol–water partition coefficient (Wildman–Crippen LogP) is 3.22. The Kier molecular flexibility index (Phi) is 3.78. The van der Waals surface area contributed by atoms with Gasteiger partial charge in [0.1, 0.15) is 17.1 Å². The van der Waals surface area contributed by atoms with Crippen molar-refractivity contribution in [2.24, 2.45) is 0 Å². The molecule has 0 spiro atoms. The molecule has 3 rings (SSSR count). The van der Waals surface area contributed by atoms with Crippen LogP contribution in [0.3, 0.4) is 0 Å². The number of H-pyrrole nitrogens is 1. The number of aromatic nitrogens is 2. The lowest BCUT2D eigenvalue weighted by Gasteiger charge is -2.06. The molecule has 1 amide bonds. The van der Waals surface area contributed by atoms with Gasteiger partial charge in [-0.2, -0.15) is 5.10 Å². The monoisotopic (exact) mass is 295 g/mol. The molecule has 0 aliphatic heterocycles. The zero-order chi connectivity index (χ0) is 15.5. The summed E-state index contributed by atoms with van der Waals surface area (Å²) in [5.41, 5.74) is 3.28. The van der Waals surface area contributed by atoms with Crippen LogP contribution in [0.4, 0.5) is 0 Å². The molecule has 0 atom stereocenters. The van der Waals surface area contributed by atoms with Crippen molar-refractivity contribution in [3.8, 4) is 11.5 Å². The van der Waals surface area contributed by atoms with E-state index in [4.69, 9.17) is 4.42 Å². The van der Waals surface area contributed by atoms with Gasteiger partial charge in [0.25, 0.3) is 5.91 Å². The van der Waals surface area contributed by atoms with E-state index in [1.165, 1.54) is 0 Å². The van der Waals surface area contributed by atoms with Gasteiger partial charge in [-0.3, -0.25) is 9.89 Å². The van der Waals surface area contributed by atoms with E-state index in [0.717, 1.165) is 16.9 Å². The topological polar surface area (TPSA) is 70.9 Å². The Morgan fingerprint density at radius 1 is 1.23 bits per heavy atom. The number of benzene rings is 1. The van der Waals surface area contributed by atoms with E-state index < -0.39 is 0 Å². The third-order valence-electron chi connectivity index (χ3n) is 3.52. The molecular weight excluding hydrogens is 278 g/mol. The van der Waals surface area contributed by atoms with Crippen molar-refractivity contribution < 1.29 is 9.21 Å². The molecule has 0 fully saturated rings. The first-order valence-electron chi connectivity index (χ1n) is 7.08.